The highest BCUT2D eigenvalue weighted by Gasteiger charge is 2.18. The van der Waals surface area contributed by atoms with Gasteiger partial charge in [0.2, 0.25) is 15.9 Å². The molecule has 0 aliphatic rings. The Morgan fingerprint density at radius 2 is 2.00 bits per heavy atom. The van der Waals surface area contributed by atoms with Crippen molar-refractivity contribution in [2.75, 3.05) is 5.32 Å². The van der Waals surface area contributed by atoms with Gasteiger partial charge >= 0.3 is 0 Å². The van der Waals surface area contributed by atoms with Gasteiger partial charge in [0.15, 0.2) is 5.75 Å². The average molecular weight is 449 g/mol. The summed E-state index contributed by atoms with van der Waals surface area (Å²) in [4.78, 5) is 12.2. The number of carbonyl (C=O) groups is 1. The van der Waals surface area contributed by atoms with Crippen LogP contribution in [0.1, 0.15) is 19.4 Å². The van der Waals surface area contributed by atoms with Crippen molar-refractivity contribution in [3.8, 4) is 11.4 Å². The maximum absolute atomic E-state index is 12.4. The van der Waals surface area contributed by atoms with E-state index in [-0.39, 0.29) is 34.7 Å². The van der Waals surface area contributed by atoms with Crippen LogP contribution in [0.5, 0.6) is 5.75 Å². The minimum Gasteiger partial charge on any atom is -0.488 e. The average Bonchev–Trinajstić information content (AvgIpc) is 3.10. The van der Waals surface area contributed by atoms with Crippen molar-refractivity contribution < 1.29 is 17.9 Å². The van der Waals surface area contributed by atoms with E-state index >= 15 is 0 Å². The van der Waals surface area contributed by atoms with Crippen molar-refractivity contribution in [1.82, 2.24) is 9.78 Å². The number of nitrogens with two attached hydrogens (primary N) is 1. The zero-order valence-electron chi connectivity index (χ0n) is 16.4. The smallest absolute Gasteiger partial charge is 0.240 e. The number of amides is 1. The van der Waals surface area contributed by atoms with Gasteiger partial charge in [-0.3, -0.25) is 4.79 Å². The van der Waals surface area contributed by atoms with Crippen molar-refractivity contribution in [2.24, 2.45) is 5.14 Å². The first-order chi connectivity index (χ1) is 14.1. The van der Waals surface area contributed by atoms with Gasteiger partial charge in [-0.15, -0.1) is 0 Å². The van der Waals surface area contributed by atoms with Crippen LogP contribution in [0.3, 0.4) is 0 Å². The molecule has 1 heterocycles. The molecule has 0 fully saturated rings. The van der Waals surface area contributed by atoms with Gasteiger partial charge in [-0.1, -0.05) is 29.8 Å². The third-order valence-electron chi connectivity index (χ3n) is 4.04. The number of nitrogens with zero attached hydrogens (tertiary/aromatic N) is 2. The second kappa shape index (κ2) is 8.86. The topological polar surface area (TPSA) is 116 Å². The minimum atomic E-state index is -4.09. The highest BCUT2D eigenvalue weighted by Crippen LogP contribution is 2.25. The Hall–Kier alpha value is -2.88. The third-order valence-corrected chi connectivity index (χ3v) is 5.35. The normalized spacial score (nSPS) is 11.5. The molecule has 0 saturated heterocycles. The maximum atomic E-state index is 12.4. The van der Waals surface area contributed by atoms with Crippen molar-refractivity contribution in [3.63, 3.8) is 0 Å². The molecule has 0 aliphatic heterocycles. The van der Waals surface area contributed by atoms with Gasteiger partial charge in [0, 0.05) is 10.7 Å². The fourth-order valence-electron chi connectivity index (χ4n) is 2.80. The molecule has 8 nitrogen and oxygen atoms in total. The molecule has 0 unspecified atom stereocenters. The number of anilines is 1. The summed E-state index contributed by atoms with van der Waals surface area (Å²) >= 11 is 6.08. The zero-order chi connectivity index (χ0) is 21.9. The van der Waals surface area contributed by atoms with Crippen LogP contribution in [0.4, 0.5) is 5.69 Å². The van der Waals surface area contributed by atoms with Crippen LogP contribution in [0.2, 0.25) is 5.02 Å². The predicted octanol–water partition coefficient (Wildman–Crippen LogP) is 3.14. The number of nitrogens with one attached hydrogen (secondary N) is 1. The van der Waals surface area contributed by atoms with Crippen LogP contribution < -0.4 is 15.2 Å². The van der Waals surface area contributed by atoms with Crippen molar-refractivity contribution in [3.05, 3.63) is 65.4 Å². The quantitative estimate of drug-likeness (QED) is 0.575. The first-order valence-electron chi connectivity index (χ1n) is 9.05. The van der Waals surface area contributed by atoms with Gasteiger partial charge in [-0.25, -0.2) is 18.2 Å². The van der Waals surface area contributed by atoms with Crippen LogP contribution in [0.15, 0.2) is 59.8 Å². The predicted molar refractivity (Wildman–Crippen MR) is 114 cm³/mol. The van der Waals surface area contributed by atoms with Crippen molar-refractivity contribution in [2.45, 2.75) is 31.3 Å². The largest absolute Gasteiger partial charge is 0.488 e. The number of aromatic nitrogens is 2. The van der Waals surface area contributed by atoms with Crippen molar-refractivity contribution in [1.29, 1.82) is 0 Å². The Labute approximate surface area is 179 Å². The lowest BCUT2D eigenvalue weighted by Crippen LogP contribution is -2.18. The van der Waals surface area contributed by atoms with E-state index in [0.717, 1.165) is 0 Å². The Morgan fingerprint density at radius 3 is 2.67 bits per heavy atom. The SMILES string of the molecule is CC(C)Oc1cnn(-c2ccc(NC(=O)Cc3ccccc3Cl)cc2S(N)(=O)=O)c1. The molecule has 1 amide bonds. The van der Waals surface area contributed by atoms with E-state index in [2.05, 4.69) is 10.4 Å². The summed E-state index contributed by atoms with van der Waals surface area (Å²) in [5, 5.41) is 12.7. The fraction of sp³-hybridized carbons (Fsp3) is 0.200. The minimum absolute atomic E-state index is 0.0428. The Morgan fingerprint density at radius 1 is 1.27 bits per heavy atom. The highest BCUT2D eigenvalue weighted by atomic mass is 35.5. The van der Waals surface area contributed by atoms with E-state index in [4.69, 9.17) is 21.5 Å². The molecular formula is C20H21ClN4O4S. The van der Waals surface area contributed by atoms with Crippen LogP contribution in [-0.4, -0.2) is 30.2 Å². The van der Waals surface area contributed by atoms with Gasteiger partial charge < -0.3 is 10.1 Å². The standard InChI is InChI=1S/C20H21ClN4O4S/c1-13(2)29-16-11-23-25(12-16)18-8-7-15(10-19(18)30(22,27)28)24-20(26)9-14-5-3-4-6-17(14)21/h3-8,10-13H,9H2,1-2H3,(H,24,26)(H2,22,27,28). The van der Waals surface area contributed by atoms with Crippen LogP contribution in [0, 0.1) is 0 Å². The summed E-state index contributed by atoms with van der Waals surface area (Å²) in [6, 6.07) is 11.4. The van der Waals surface area contributed by atoms with Crippen molar-refractivity contribution >= 4 is 33.2 Å². The molecule has 3 aromatic rings. The molecule has 10 heteroatoms. The summed E-state index contributed by atoms with van der Waals surface area (Å²) in [5.74, 6) is 0.144. The molecule has 158 valence electrons. The molecule has 30 heavy (non-hydrogen) atoms. The number of carbonyl (C=O) groups excluding carboxylic acids is 1. The van der Waals surface area contributed by atoms with Gasteiger partial charge in [0.05, 0.1) is 30.6 Å². The van der Waals surface area contributed by atoms with Gasteiger partial charge in [0.25, 0.3) is 0 Å². The second-order valence-corrected chi connectivity index (χ2v) is 8.77. The Bertz CT molecular complexity index is 1180. The van der Waals surface area contributed by atoms with E-state index in [9.17, 15) is 13.2 Å². The highest BCUT2D eigenvalue weighted by molar-refractivity contribution is 7.89. The summed E-state index contributed by atoms with van der Waals surface area (Å²) < 4.78 is 31.2. The Balaban J connectivity index is 1.87. The molecule has 3 rings (SSSR count). The van der Waals surface area contributed by atoms with Gasteiger partial charge in [-0.2, -0.15) is 5.10 Å². The van der Waals surface area contributed by atoms with Crippen LogP contribution in [-0.2, 0) is 21.2 Å². The Kier molecular flexibility index (Phi) is 6.45. The monoisotopic (exact) mass is 448 g/mol. The van der Waals surface area contributed by atoms with E-state index in [1.54, 1.807) is 36.5 Å². The number of sulfonamides is 1. The first-order valence-corrected chi connectivity index (χ1v) is 11.0. The van der Waals surface area contributed by atoms with Gasteiger partial charge in [-0.05, 0) is 43.7 Å². The lowest BCUT2D eigenvalue weighted by molar-refractivity contribution is -0.115. The summed E-state index contributed by atoms with van der Waals surface area (Å²) in [6.45, 7) is 3.74. The first kappa shape index (κ1) is 21.8. The molecule has 0 spiro atoms. The number of benzene rings is 2. The van der Waals surface area contributed by atoms with E-state index in [1.807, 2.05) is 13.8 Å². The molecule has 0 radical (unpaired) electrons. The lowest BCUT2D eigenvalue weighted by Gasteiger charge is -2.12. The number of hydrogen-bond acceptors (Lipinski definition) is 5. The number of rotatable bonds is 7. The number of primary sulfonamides is 1. The summed E-state index contributed by atoms with van der Waals surface area (Å²) in [7, 11) is -4.09. The second-order valence-electron chi connectivity index (χ2n) is 6.83. The molecule has 1 aromatic heterocycles. The number of halogens is 1. The summed E-state index contributed by atoms with van der Waals surface area (Å²) in [6.07, 6.45) is 3.02. The molecule has 0 aliphatic carbocycles. The lowest BCUT2D eigenvalue weighted by atomic mass is 10.1. The fourth-order valence-corrected chi connectivity index (χ4v) is 3.75. The van der Waals surface area contributed by atoms with E-state index < -0.39 is 10.0 Å². The maximum Gasteiger partial charge on any atom is 0.240 e. The van der Waals surface area contributed by atoms with E-state index in [1.165, 1.54) is 23.0 Å². The molecule has 0 atom stereocenters. The number of hydrogen-bond donors (Lipinski definition) is 2. The van der Waals surface area contributed by atoms with Crippen LogP contribution in [0.25, 0.3) is 5.69 Å². The van der Waals surface area contributed by atoms with Gasteiger partial charge in [0.1, 0.15) is 4.90 Å². The molecule has 0 bridgehead atoms. The molecule has 3 N–H and O–H groups in total. The van der Waals surface area contributed by atoms with E-state index in [0.29, 0.717) is 16.3 Å². The molecular weight excluding hydrogens is 428 g/mol. The number of ether oxygens (including phenoxy) is 1. The zero-order valence-corrected chi connectivity index (χ0v) is 17.9. The summed E-state index contributed by atoms with van der Waals surface area (Å²) in [5.41, 5.74) is 1.18. The third kappa shape index (κ3) is 5.38. The molecule has 0 saturated carbocycles. The van der Waals surface area contributed by atoms with Crippen LogP contribution >= 0.6 is 11.6 Å². The molecule has 2 aromatic carbocycles.